The van der Waals surface area contributed by atoms with Gasteiger partial charge in [-0.3, -0.25) is 14.3 Å². The average Bonchev–Trinajstić information content (AvgIpc) is 2.64. The number of primary amides is 1. The highest BCUT2D eigenvalue weighted by Gasteiger charge is 2.26. The molecule has 0 unspecified atom stereocenters. The van der Waals surface area contributed by atoms with Gasteiger partial charge in [-0.1, -0.05) is 6.92 Å². The number of hydrogen-bond donors (Lipinski definition) is 3. The molecular weight excluding hydrogens is 234 g/mol. The molecule has 0 fully saturated rings. The lowest BCUT2D eigenvalue weighted by molar-refractivity contribution is -0.121. The summed E-state index contributed by atoms with van der Waals surface area (Å²) >= 11 is 0. The van der Waals surface area contributed by atoms with E-state index < -0.39 is 11.4 Å². The first kappa shape index (κ1) is 14.2. The maximum Gasteiger partial charge on any atom is 0.244 e. The summed E-state index contributed by atoms with van der Waals surface area (Å²) in [6.07, 6.45) is 3.04. The Bertz CT molecular complexity index is 438. The van der Waals surface area contributed by atoms with Crippen LogP contribution in [-0.4, -0.2) is 33.7 Å². The zero-order valence-corrected chi connectivity index (χ0v) is 10.9. The van der Waals surface area contributed by atoms with Crippen molar-refractivity contribution in [2.45, 2.75) is 32.9 Å². The number of carbonyl (C=O) groups is 2. The third-order valence-corrected chi connectivity index (χ3v) is 2.40. The Labute approximate surface area is 106 Å². The molecule has 0 saturated heterocycles. The van der Waals surface area contributed by atoms with Gasteiger partial charge >= 0.3 is 0 Å². The molecule has 1 aromatic rings. The molecule has 0 aliphatic carbocycles. The van der Waals surface area contributed by atoms with Gasteiger partial charge in [0, 0.05) is 6.20 Å². The number of likely N-dealkylation sites (N-methyl/N-ethyl adjacent to an activating group) is 1. The first-order valence-electron chi connectivity index (χ1n) is 5.72. The van der Waals surface area contributed by atoms with Crippen molar-refractivity contribution in [3.8, 4) is 0 Å². The van der Waals surface area contributed by atoms with Gasteiger partial charge < -0.3 is 16.4 Å². The van der Waals surface area contributed by atoms with Crippen molar-refractivity contribution in [3.63, 3.8) is 0 Å². The van der Waals surface area contributed by atoms with Crippen LogP contribution >= 0.6 is 0 Å². The number of aromatic nitrogens is 2. The molecule has 0 aromatic carbocycles. The molecule has 0 aliphatic heterocycles. The molecule has 2 amide bonds. The van der Waals surface area contributed by atoms with Crippen LogP contribution < -0.4 is 16.4 Å². The molecule has 4 N–H and O–H groups in total. The predicted molar refractivity (Wildman–Crippen MR) is 67.8 cm³/mol. The molecule has 100 valence electrons. The van der Waals surface area contributed by atoms with Crippen molar-refractivity contribution in [2.24, 2.45) is 5.73 Å². The Morgan fingerprint density at radius 3 is 2.72 bits per heavy atom. The molecule has 0 aliphatic rings. The molecule has 1 rings (SSSR count). The fraction of sp³-hybridized carbons (Fsp3) is 0.545. The molecule has 7 nitrogen and oxygen atoms in total. The van der Waals surface area contributed by atoms with Crippen LogP contribution in [0, 0.1) is 0 Å². The van der Waals surface area contributed by atoms with Gasteiger partial charge in [0.15, 0.2) is 0 Å². The van der Waals surface area contributed by atoms with Crippen molar-refractivity contribution < 1.29 is 9.59 Å². The topological polar surface area (TPSA) is 102 Å². The Morgan fingerprint density at radius 2 is 2.17 bits per heavy atom. The summed E-state index contributed by atoms with van der Waals surface area (Å²) in [5.41, 5.74) is 4.92. The fourth-order valence-corrected chi connectivity index (χ4v) is 1.48. The SMILES string of the molecule is CCNC(C)(C)C(=O)Nc1cnn(CC(N)=O)c1. The largest absolute Gasteiger partial charge is 0.368 e. The van der Waals surface area contributed by atoms with E-state index in [4.69, 9.17) is 5.73 Å². The Hall–Kier alpha value is -1.89. The van der Waals surface area contributed by atoms with Crippen molar-refractivity contribution in [2.75, 3.05) is 11.9 Å². The lowest BCUT2D eigenvalue weighted by Gasteiger charge is -2.23. The summed E-state index contributed by atoms with van der Waals surface area (Å²) in [6, 6.07) is 0. The van der Waals surface area contributed by atoms with Gasteiger partial charge in [-0.25, -0.2) is 0 Å². The third-order valence-electron chi connectivity index (χ3n) is 2.40. The number of rotatable bonds is 6. The van der Waals surface area contributed by atoms with Gasteiger partial charge in [0.05, 0.1) is 17.4 Å². The van der Waals surface area contributed by atoms with Gasteiger partial charge in [0.25, 0.3) is 0 Å². The fourth-order valence-electron chi connectivity index (χ4n) is 1.48. The zero-order valence-electron chi connectivity index (χ0n) is 10.9. The predicted octanol–water partition coefficient (Wildman–Crippen LogP) is -0.305. The van der Waals surface area contributed by atoms with Gasteiger partial charge in [0.2, 0.25) is 11.8 Å². The van der Waals surface area contributed by atoms with E-state index in [1.807, 2.05) is 6.92 Å². The highest BCUT2D eigenvalue weighted by Crippen LogP contribution is 2.10. The van der Waals surface area contributed by atoms with Crippen LogP contribution in [-0.2, 0) is 16.1 Å². The van der Waals surface area contributed by atoms with E-state index in [-0.39, 0.29) is 12.5 Å². The minimum absolute atomic E-state index is 0.00747. The Morgan fingerprint density at radius 1 is 1.50 bits per heavy atom. The van der Waals surface area contributed by atoms with E-state index >= 15 is 0 Å². The molecule has 0 bridgehead atoms. The smallest absolute Gasteiger partial charge is 0.244 e. The molecule has 1 aromatic heterocycles. The lowest BCUT2D eigenvalue weighted by Crippen LogP contribution is -2.49. The third kappa shape index (κ3) is 3.85. The van der Waals surface area contributed by atoms with E-state index in [2.05, 4.69) is 15.7 Å². The molecule has 0 spiro atoms. The van der Waals surface area contributed by atoms with Crippen LogP contribution in [0.25, 0.3) is 0 Å². The number of nitrogens with one attached hydrogen (secondary N) is 2. The number of nitrogens with zero attached hydrogens (tertiary/aromatic N) is 2. The summed E-state index contributed by atoms with van der Waals surface area (Å²) in [5, 5.41) is 9.71. The monoisotopic (exact) mass is 253 g/mol. The normalized spacial score (nSPS) is 11.3. The number of nitrogens with two attached hydrogens (primary N) is 1. The maximum atomic E-state index is 12.0. The minimum Gasteiger partial charge on any atom is -0.368 e. The molecule has 1 heterocycles. The highest BCUT2D eigenvalue weighted by atomic mass is 16.2. The van der Waals surface area contributed by atoms with Crippen LogP contribution in [0.2, 0.25) is 0 Å². The number of anilines is 1. The van der Waals surface area contributed by atoms with E-state index in [0.29, 0.717) is 12.2 Å². The summed E-state index contributed by atoms with van der Waals surface area (Å²) in [7, 11) is 0. The average molecular weight is 253 g/mol. The molecule has 7 heteroatoms. The maximum absolute atomic E-state index is 12.0. The van der Waals surface area contributed by atoms with Crippen LogP contribution in [0.1, 0.15) is 20.8 Å². The Balaban J connectivity index is 2.65. The highest BCUT2D eigenvalue weighted by molar-refractivity contribution is 5.97. The van der Waals surface area contributed by atoms with Gasteiger partial charge in [-0.2, -0.15) is 5.10 Å². The first-order chi connectivity index (χ1) is 8.35. The number of amides is 2. The molecule has 0 radical (unpaired) electrons. The summed E-state index contributed by atoms with van der Waals surface area (Å²) < 4.78 is 1.37. The summed E-state index contributed by atoms with van der Waals surface area (Å²) in [5.74, 6) is -0.646. The van der Waals surface area contributed by atoms with Gasteiger partial charge in [-0.15, -0.1) is 0 Å². The molecular formula is C11H19N5O2. The molecule has 18 heavy (non-hydrogen) atoms. The van der Waals surface area contributed by atoms with Gasteiger partial charge in [-0.05, 0) is 20.4 Å². The molecule has 0 saturated carbocycles. The summed E-state index contributed by atoms with van der Waals surface area (Å²) in [4.78, 5) is 22.7. The van der Waals surface area contributed by atoms with Crippen molar-refractivity contribution >= 4 is 17.5 Å². The first-order valence-corrected chi connectivity index (χ1v) is 5.72. The quantitative estimate of drug-likeness (QED) is 0.647. The summed E-state index contributed by atoms with van der Waals surface area (Å²) in [6.45, 7) is 6.20. The second-order valence-electron chi connectivity index (χ2n) is 4.50. The standard InChI is InChI=1S/C11H19N5O2/c1-4-13-11(2,3)10(18)15-8-5-14-16(6-8)7-9(12)17/h5-6,13H,4,7H2,1-3H3,(H2,12,17)(H,15,18). The second kappa shape index (κ2) is 5.63. The van der Waals surface area contributed by atoms with Crippen molar-refractivity contribution in [3.05, 3.63) is 12.4 Å². The van der Waals surface area contributed by atoms with Crippen LogP contribution in [0.5, 0.6) is 0 Å². The number of carbonyl (C=O) groups excluding carboxylic acids is 2. The van der Waals surface area contributed by atoms with E-state index in [1.54, 1.807) is 20.0 Å². The van der Waals surface area contributed by atoms with Crippen LogP contribution in [0.15, 0.2) is 12.4 Å². The second-order valence-corrected chi connectivity index (χ2v) is 4.50. The Kier molecular flexibility index (Phi) is 4.43. The van der Waals surface area contributed by atoms with E-state index in [0.717, 1.165) is 0 Å². The van der Waals surface area contributed by atoms with Crippen molar-refractivity contribution in [1.82, 2.24) is 15.1 Å². The van der Waals surface area contributed by atoms with Crippen molar-refractivity contribution in [1.29, 1.82) is 0 Å². The van der Waals surface area contributed by atoms with Crippen LogP contribution in [0.4, 0.5) is 5.69 Å². The minimum atomic E-state index is -0.666. The molecule has 0 atom stereocenters. The lowest BCUT2D eigenvalue weighted by atomic mass is 10.0. The zero-order chi connectivity index (χ0) is 13.8. The van der Waals surface area contributed by atoms with Gasteiger partial charge in [0.1, 0.15) is 6.54 Å². The number of hydrogen-bond acceptors (Lipinski definition) is 4. The van der Waals surface area contributed by atoms with E-state index in [1.165, 1.54) is 10.9 Å². The van der Waals surface area contributed by atoms with E-state index in [9.17, 15) is 9.59 Å². The van der Waals surface area contributed by atoms with Crippen LogP contribution in [0.3, 0.4) is 0 Å².